The first-order valence-corrected chi connectivity index (χ1v) is 5.74. The molecule has 0 bridgehead atoms. The molecule has 0 fully saturated rings. The van der Waals surface area contributed by atoms with Gasteiger partial charge in [-0.1, -0.05) is 6.92 Å². The second kappa shape index (κ2) is 9.36. The Morgan fingerprint density at radius 3 is 2.75 bits per heavy atom. The number of nitrogens with one attached hydrogen (secondary N) is 1. The maximum atomic E-state index is 4.97. The smallest absolute Gasteiger partial charge is 0.0470 e. The third-order valence-electron chi connectivity index (χ3n) is 1.86. The minimum absolute atomic E-state index is 0.678. The maximum Gasteiger partial charge on any atom is 0.0470 e. The molecule has 0 aromatic rings. The number of hydrogen-bond acceptors (Lipinski definition) is 3. The monoisotopic (exact) mass is 191 g/mol. The van der Waals surface area contributed by atoms with Crippen molar-refractivity contribution in [1.29, 1.82) is 0 Å². The molecule has 0 aliphatic heterocycles. The standard InChI is InChI=1S/C9H21NOS/c1-4-9(10-2)8-12-7-5-6-11-3/h9-10H,4-8H2,1-3H3. The van der Waals surface area contributed by atoms with Crippen LogP contribution in [0.4, 0.5) is 0 Å². The fraction of sp³-hybridized carbons (Fsp3) is 1.00. The molecule has 0 amide bonds. The number of rotatable bonds is 8. The van der Waals surface area contributed by atoms with Crippen LogP contribution in [0.3, 0.4) is 0 Å². The van der Waals surface area contributed by atoms with Crippen LogP contribution in [0.1, 0.15) is 19.8 Å². The molecule has 0 heterocycles. The van der Waals surface area contributed by atoms with Crippen molar-refractivity contribution in [3.05, 3.63) is 0 Å². The fourth-order valence-electron chi connectivity index (χ4n) is 0.936. The van der Waals surface area contributed by atoms with Crippen molar-refractivity contribution in [3.63, 3.8) is 0 Å². The number of methoxy groups -OCH3 is 1. The normalized spacial score (nSPS) is 13.2. The molecule has 0 saturated heterocycles. The highest BCUT2D eigenvalue weighted by Crippen LogP contribution is 2.06. The van der Waals surface area contributed by atoms with Gasteiger partial charge in [0.15, 0.2) is 0 Å². The Labute approximate surface area is 80.4 Å². The molecule has 3 heteroatoms. The van der Waals surface area contributed by atoms with Gasteiger partial charge in [-0.05, 0) is 25.6 Å². The molecule has 12 heavy (non-hydrogen) atoms. The van der Waals surface area contributed by atoms with E-state index in [1.165, 1.54) is 24.3 Å². The van der Waals surface area contributed by atoms with E-state index < -0.39 is 0 Å². The summed E-state index contributed by atoms with van der Waals surface area (Å²) in [6.45, 7) is 3.11. The van der Waals surface area contributed by atoms with Crippen LogP contribution in [0.25, 0.3) is 0 Å². The van der Waals surface area contributed by atoms with Gasteiger partial charge >= 0.3 is 0 Å². The fourth-order valence-corrected chi connectivity index (χ4v) is 2.11. The summed E-state index contributed by atoms with van der Waals surface area (Å²) in [6, 6.07) is 0.678. The molecular weight excluding hydrogens is 170 g/mol. The van der Waals surface area contributed by atoms with Gasteiger partial charge in [0.1, 0.15) is 0 Å². The lowest BCUT2D eigenvalue weighted by Crippen LogP contribution is -2.26. The average molecular weight is 191 g/mol. The Hall–Kier alpha value is 0.270. The lowest BCUT2D eigenvalue weighted by molar-refractivity contribution is 0.200. The third kappa shape index (κ3) is 6.95. The first kappa shape index (κ1) is 12.3. The first-order chi connectivity index (χ1) is 5.85. The summed E-state index contributed by atoms with van der Waals surface area (Å²) in [5.74, 6) is 2.43. The summed E-state index contributed by atoms with van der Waals surface area (Å²) in [5, 5.41) is 3.29. The molecule has 0 spiro atoms. The van der Waals surface area contributed by atoms with E-state index in [0.717, 1.165) is 6.61 Å². The largest absolute Gasteiger partial charge is 0.385 e. The lowest BCUT2D eigenvalue weighted by Gasteiger charge is -2.12. The van der Waals surface area contributed by atoms with Gasteiger partial charge < -0.3 is 10.1 Å². The van der Waals surface area contributed by atoms with Gasteiger partial charge in [0.05, 0.1) is 0 Å². The summed E-state index contributed by atoms with van der Waals surface area (Å²) in [7, 11) is 3.79. The van der Waals surface area contributed by atoms with Crippen molar-refractivity contribution in [3.8, 4) is 0 Å². The predicted molar refractivity (Wildman–Crippen MR) is 57.0 cm³/mol. The molecule has 0 aromatic carbocycles. The second-order valence-corrected chi connectivity index (χ2v) is 3.96. The van der Waals surface area contributed by atoms with Gasteiger partial charge in [-0.15, -0.1) is 0 Å². The van der Waals surface area contributed by atoms with Gasteiger partial charge in [0.25, 0.3) is 0 Å². The topological polar surface area (TPSA) is 21.3 Å². The van der Waals surface area contributed by atoms with Crippen molar-refractivity contribution in [2.75, 3.05) is 32.3 Å². The van der Waals surface area contributed by atoms with Gasteiger partial charge in [-0.2, -0.15) is 11.8 Å². The first-order valence-electron chi connectivity index (χ1n) is 4.59. The predicted octanol–water partition coefficient (Wildman–Crippen LogP) is 1.75. The zero-order valence-electron chi connectivity index (χ0n) is 8.43. The SMILES string of the molecule is CCC(CSCCCOC)NC. The van der Waals surface area contributed by atoms with Crippen LogP contribution in [0.5, 0.6) is 0 Å². The van der Waals surface area contributed by atoms with Crippen LogP contribution in [0.2, 0.25) is 0 Å². The highest BCUT2D eigenvalue weighted by atomic mass is 32.2. The van der Waals surface area contributed by atoms with Crippen molar-refractivity contribution < 1.29 is 4.74 Å². The zero-order valence-corrected chi connectivity index (χ0v) is 9.25. The Bertz CT molecular complexity index is 86.6. The van der Waals surface area contributed by atoms with Gasteiger partial charge in [0, 0.05) is 25.5 Å². The van der Waals surface area contributed by atoms with Gasteiger partial charge in [-0.25, -0.2) is 0 Å². The van der Waals surface area contributed by atoms with Gasteiger partial charge in [0.2, 0.25) is 0 Å². The highest BCUT2D eigenvalue weighted by molar-refractivity contribution is 7.99. The Morgan fingerprint density at radius 1 is 1.50 bits per heavy atom. The van der Waals surface area contributed by atoms with Crippen LogP contribution < -0.4 is 5.32 Å². The molecule has 0 aliphatic carbocycles. The summed E-state index contributed by atoms with van der Waals surface area (Å²) in [6.07, 6.45) is 2.38. The van der Waals surface area contributed by atoms with E-state index in [2.05, 4.69) is 12.2 Å². The van der Waals surface area contributed by atoms with E-state index >= 15 is 0 Å². The van der Waals surface area contributed by atoms with Crippen LogP contribution in [-0.4, -0.2) is 38.3 Å². The molecule has 1 atom stereocenters. The minimum Gasteiger partial charge on any atom is -0.385 e. The third-order valence-corrected chi connectivity index (χ3v) is 3.07. The Morgan fingerprint density at radius 2 is 2.25 bits per heavy atom. The highest BCUT2D eigenvalue weighted by Gasteiger charge is 2.01. The van der Waals surface area contributed by atoms with Crippen molar-refractivity contribution in [2.24, 2.45) is 0 Å². The molecule has 74 valence electrons. The molecule has 0 aromatic heterocycles. The van der Waals surface area contributed by atoms with Crippen LogP contribution in [-0.2, 0) is 4.74 Å². The van der Waals surface area contributed by atoms with E-state index in [4.69, 9.17) is 4.74 Å². The molecule has 2 nitrogen and oxygen atoms in total. The molecule has 0 rings (SSSR count). The maximum absolute atomic E-state index is 4.97. The Kier molecular flexibility index (Phi) is 9.57. The summed E-state index contributed by atoms with van der Waals surface area (Å²) in [5.41, 5.74) is 0. The van der Waals surface area contributed by atoms with Crippen molar-refractivity contribution >= 4 is 11.8 Å². The number of hydrogen-bond donors (Lipinski definition) is 1. The summed E-state index contributed by atoms with van der Waals surface area (Å²) in [4.78, 5) is 0. The van der Waals surface area contributed by atoms with E-state index in [1.54, 1.807) is 7.11 Å². The molecule has 1 N–H and O–H groups in total. The van der Waals surface area contributed by atoms with E-state index in [-0.39, 0.29) is 0 Å². The number of thioether (sulfide) groups is 1. The van der Waals surface area contributed by atoms with Crippen LogP contribution >= 0.6 is 11.8 Å². The summed E-state index contributed by atoms with van der Waals surface area (Å²) < 4.78 is 4.97. The summed E-state index contributed by atoms with van der Waals surface area (Å²) >= 11 is 2.01. The Balaban J connectivity index is 3.06. The molecular formula is C9H21NOS. The van der Waals surface area contributed by atoms with Crippen LogP contribution in [0.15, 0.2) is 0 Å². The van der Waals surface area contributed by atoms with E-state index in [0.29, 0.717) is 6.04 Å². The lowest BCUT2D eigenvalue weighted by atomic mass is 10.3. The minimum atomic E-state index is 0.678. The zero-order chi connectivity index (χ0) is 9.23. The molecule has 0 radical (unpaired) electrons. The van der Waals surface area contributed by atoms with Crippen molar-refractivity contribution in [2.45, 2.75) is 25.8 Å². The molecule has 0 aliphatic rings. The quantitative estimate of drug-likeness (QED) is 0.591. The van der Waals surface area contributed by atoms with E-state index in [9.17, 15) is 0 Å². The van der Waals surface area contributed by atoms with E-state index in [1.807, 2.05) is 18.8 Å². The van der Waals surface area contributed by atoms with Crippen molar-refractivity contribution in [1.82, 2.24) is 5.32 Å². The second-order valence-electron chi connectivity index (χ2n) is 2.82. The van der Waals surface area contributed by atoms with Crippen LogP contribution in [0, 0.1) is 0 Å². The average Bonchev–Trinajstić information content (AvgIpc) is 2.11. The number of ether oxygens (including phenoxy) is 1. The molecule has 0 saturated carbocycles. The molecule has 1 unspecified atom stereocenters. The van der Waals surface area contributed by atoms with Gasteiger partial charge in [-0.3, -0.25) is 0 Å².